The molecule has 4 aromatic rings. The second kappa shape index (κ2) is 8.52. The van der Waals surface area contributed by atoms with Crippen LogP contribution in [-0.4, -0.2) is 19.8 Å². The summed E-state index contributed by atoms with van der Waals surface area (Å²) in [6.07, 6.45) is 0.667. The maximum absolute atomic E-state index is 13.4. The van der Waals surface area contributed by atoms with E-state index in [0.717, 1.165) is 9.44 Å². The van der Waals surface area contributed by atoms with Crippen molar-refractivity contribution in [3.8, 4) is 5.69 Å². The minimum atomic E-state index is -0.662. The summed E-state index contributed by atoms with van der Waals surface area (Å²) in [5.41, 5.74) is -0.758. The fraction of sp³-hybridized carbons (Fsp3) is 0.136. The second-order valence-electron chi connectivity index (χ2n) is 7.00. The van der Waals surface area contributed by atoms with Gasteiger partial charge < -0.3 is 0 Å². The predicted molar refractivity (Wildman–Crippen MR) is 123 cm³/mol. The van der Waals surface area contributed by atoms with Crippen LogP contribution in [0.2, 0.25) is 5.02 Å². The molecule has 2 aromatic carbocycles. The number of ketones is 1. The maximum atomic E-state index is 13.4. The first-order chi connectivity index (χ1) is 15.3. The number of aromatic nitrogens is 2. The first-order valence-corrected chi connectivity index (χ1v) is 10.8. The largest absolute Gasteiger partial charge is 0.337 e. The quantitative estimate of drug-likeness (QED) is 0.239. The number of carbonyl (C=O) groups excluding carboxylic acids is 1. The summed E-state index contributed by atoms with van der Waals surface area (Å²) >= 11 is 7.34. The van der Waals surface area contributed by atoms with Crippen LogP contribution in [0.4, 0.5) is 5.69 Å². The third kappa shape index (κ3) is 3.88. The lowest BCUT2D eigenvalue weighted by Crippen LogP contribution is -2.39. The predicted octanol–water partition coefficient (Wildman–Crippen LogP) is 4.22. The van der Waals surface area contributed by atoms with Gasteiger partial charge in [-0.3, -0.25) is 24.3 Å². The van der Waals surface area contributed by atoms with Crippen molar-refractivity contribution in [3.05, 3.63) is 101 Å². The van der Waals surface area contributed by atoms with Gasteiger partial charge in [0.25, 0.3) is 11.2 Å². The summed E-state index contributed by atoms with van der Waals surface area (Å²) in [5.74, 6) is -0.411. The van der Waals surface area contributed by atoms with Gasteiger partial charge in [0.2, 0.25) is 0 Å². The minimum absolute atomic E-state index is 0.138. The molecule has 2 heterocycles. The molecular weight excluding hydrogens is 454 g/mol. The van der Waals surface area contributed by atoms with E-state index in [1.54, 1.807) is 24.3 Å². The monoisotopic (exact) mass is 469 g/mol. The first-order valence-electron chi connectivity index (χ1n) is 9.62. The van der Waals surface area contributed by atoms with Crippen molar-refractivity contribution in [1.29, 1.82) is 0 Å². The number of benzene rings is 2. The van der Waals surface area contributed by atoms with E-state index in [0.29, 0.717) is 27.3 Å². The van der Waals surface area contributed by atoms with Crippen molar-refractivity contribution >= 4 is 44.6 Å². The number of aryl methyl sites for hydroxylation is 1. The molecule has 0 amide bonds. The number of hydrogen-bond acceptors (Lipinski definition) is 6. The molecule has 0 aliphatic heterocycles. The number of nitro benzene ring substituents is 1. The standard InChI is InChI=1S/C22H16ClN3O5S/c1-2-17-11-18-20(28)25(16-5-3-4-14(23)10-16)22(29)24(21(18)32-17)12-19(27)13-6-8-15(9-7-13)26(30)31/h3-11H,2,12H2,1H3. The van der Waals surface area contributed by atoms with E-state index in [4.69, 9.17) is 11.6 Å². The molecule has 0 atom stereocenters. The highest BCUT2D eigenvalue weighted by molar-refractivity contribution is 7.18. The summed E-state index contributed by atoms with van der Waals surface area (Å²) in [4.78, 5) is 51.1. The van der Waals surface area contributed by atoms with Gasteiger partial charge in [0, 0.05) is 27.6 Å². The Labute approximate surface area is 190 Å². The summed E-state index contributed by atoms with van der Waals surface area (Å²) in [5, 5.41) is 11.6. The van der Waals surface area contributed by atoms with E-state index in [1.165, 1.54) is 46.2 Å². The van der Waals surface area contributed by atoms with E-state index < -0.39 is 22.0 Å². The molecule has 0 spiro atoms. The van der Waals surface area contributed by atoms with E-state index in [2.05, 4.69) is 0 Å². The number of non-ortho nitro benzene ring substituents is 1. The summed E-state index contributed by atoms with van der Waals surface area (Å²) in [7, 11) is 0. The van der Waals surface area contributed by atoms with Gasteiger partial charge in [0.15, 0.2) is 5.78 Å². The highest BCUT2D eigenvalue weighted by Crippen LogP contribution is 2.24. The van der Waals surface area contributed by atoms with Crippen LogP contribution in [0.25, 0.3) is 15.9 Å². The van der Waals surface area contributed by atoms with E-state index in [1.807, 2.05) is 6.92 Å². The number of nitro groups is 1. The molecule has 0 unspecified atom stereocenters. The van der Waals surface area contributed by atoms with Gasteiger partial charge >= 0.3 is 5.69 Å². The van der Waals surface area contributed by atoms with E-state index in [9.17, 15) is 24.5 Å². The van der Waals surface area contributed by atoms with Gasteiger partial charge in [-0.1, -0.05) is 24.6 Å². The van der Waals surface area contributed by atoms with Crippen LogP contribution < -0.4 is 11.2 Å². The van der Waals surface area contributed by atoms with E-state index in [-0.39, 0.29) is 17.8 Å². The Kier molecular flexibility index (Phi) is 5.77. The fourth-order valence-electron chi connectivity index (χ4n) is 3.36. The lowest BCUT2D eigenvalue weighted by atomic mass is 10.1. The molecule has 0 aliphatic rings. The SMILES string of the molecule is CCc1cc2c(=O)n(-c3cccc(Cl)c3)c(=O)n(CC(=O)c3ccc([N+](=O)[O-])cc3)c2s1. The number of thiophene rings is 1. The average molecular weight is 470 g/mol. The van der Waals surface area contributed by atoms with Crippen LogP contribution in [0.3, 0.4) is 0 Å². The second-order valence-corrected chi connectivity index (χ2v) is 8.55. The van der Waals surface area contributed by atoms with Crippen LogP contribution in [0.1, 0.15) is 22.2 Å². The van der Waals surface area contributed by atoms with Gasteiger partial charge in [-0.25, -0.2) is 9.36 Å². The molecule has 8 nitrogen and oxygen atoms in total. The number of halogens is 1. The van der Waals surface area contributed by atoms with Crippen molar-refractivity contribution in [3.63, 3.8) is 0 Å². The maximum Gasteiger partial charge on any atom is 0.337 e. The van der Waals surface area contributed by atoms with Crippen molar-refractivity contribution in [2.24, 2.45) is 0 Å². The normalized spacial score (nSPS) is 11.1. The van der Waals surface area contributed by atoms with Crippen LogP contribution in [-0.2, 0) is 13.0 Å². The number of rotatable bonds is 6. The van der Waals surface area contributed by atoms with Crippen LogP contribution in [0.5, 0.6) is 0 Å². The van der Waals surface area contributed by atoms with Gasteiger partial charge in [-0.05, 0) is 42.8 Å². The van der Waals surface area contributed by atoms with Crippen molar-refractivity contribution in [1.82, 2.24) is 9.13 Å². The average Bonchev–Trinajstić information content (AvgIpc) is 3.21. The van der Waals surface area contributed by atoms with Crippen molar-refractivity contribution < 1.29 is 9.72 Å². The van der Waals surface area contributed by atoms with Crippen LogP contribution in [0, 0.1) is 10.1 Å². The fourth-order valence-corrected chi connectivity index (χ4v) is 4.62. The third-order valence-corrected chi connectivity index (χ3v) is 6.52. The molecule has 2 aromatic heterocycles. The topological polar surface area (TPSA) is 104 Å². The molecule has 0 radical (unpaired) electrons. The van der Waals surface area contributed by atoms with Gasteiger partial charge in [0.1, 0.15) is 4.83 Å². The smallest absolute Gasteiger partial charge is 0.292 e. The molecule has 162 valence electrons. The summed E-state index contributed by atoms with van der Waals surface area (Å²) in [6, 6.07) is 13.3. The Morgan fingerprint density at radius 3 is 2.47 bits per heavy atom. The molecule has 4 rings (SSSR count). The number of hydrogen-bond donors (Lipinski definition) is 0. The highest BCUT2D eigenvalue weighted by atomic mass is 35.5. The molecule has 0 fully saturated rings. The molecule has 32 heavy (non-hydrogen) atoms. The highest BCUT2D eigenvalue weighted by Gasteiger charge is 2.20. The van der Waals surface area contributed by atoms with Gasteiger partial charge in [-0.2, -0.15) is 0 Å². The molecular formula is C22H16ClN3O5S. The Bertz CT molecular complexity index is 1480. The lowest BCUT2D eigenvalue weighted by Gasteiger charge is -2.12. The van der Waals surface area contributed by atoms with Crippen molar-refractivity contribution in [2.75, 3.05) is 0 Å². The third-order valence-electron chi connectivity index (χ3n) is 4.98. The number of Topliss-reactive ketones (excluding diaryl/α,β-unsaturated/α-hetero) is 1. The molecule has 0 saturated carbocycles. The Balaban J connectivity index is 1.89. The number of nitrogens with zero attached hydrogens (tertiary/aromatic N) is 3. The molecule has 0 saturated heterocycles. The number of fused-ring (bicyclic) bond motifs is 1. The van der Waals surface area contributed by atoms with Gasteiger partial charge in [-0.15, -0.1) is 11.3 Å². The van der Waals surface area contributed by atoms with Crippen molar-refractivity contribution in [2.45, 2.75) is 19.9 Å². The van der Waals surface area contributed by atoms with Crippen LogP contribution >= 0.6 is 22.9 Å². The summed E-state index contributed by atoms with van der Waals surface area (Å²) < 4.78 is 2.27. The minimum Gasteiger partial charge on any atom is -0.292 e. The Morgan fingerprint density at radius 1 is 1.12 bits per heavy atom. The first kappa shape index (κ1) is 21.7. The zero-order valence-corrected chi connectivity index (χ0v) is 18.4. The lowest BCUT2D eigenvalue weighted by molar-refractivity contribution is -0.384. The van der Waals surface area contributed by atoms with Crippen LogP contribution in [0.15, 0.2) is 64.2 Å². The van der Waals surface area contributed by atoms with Gasteiger partial charge in [0.05, 0.1) is 22.5 Å². The molecule has 0 N–H and O–H groups in total. The number of carbonyl (C=O) groups is 1. The van der Waals surface area contributed by atoms with E-state index >= 15 is 0 Å². The zero-order valence-electron chi connectivity index (χ0n) is 16.8. The summed E-state index contributed by atoms with van der Waals surface area (Å²) in [6.45, 7) is 1.61. The molecule has 0 bridgehead atoms. The molecule has 10 heteroatoms. The Hall–Kier alpha value is -3.56. The zero-order chi connectivity index (χ0) is 23.0. The molecule has 0 aliphatic carbocycles. The Morgan fingerprint density at radius 2 is 1.84 bits per heavy atom.